The van der Waals surface area contributed by atoms with Gasteiger partial charge in [0, 0.05) is 0 Å². The molecular weight excluding hydrogens is 374 g/mol. The second kappa shape index (κ2) is 6.69. The van der Waals surface area contributed by atoms with Crippen LogP contribution in [0.3, 0.4) is 0 Å². The number of imide groups is 1. The molecule has 138 valence electrons. The summed E-state index contributed by atoms with van der Waals surface area (Å²) in [6.45, 7) is 1.77. The number of nitrogens with zero attached hydrogens (tertiary/aromatic N) is 1. The van der Waals surface area contributed by atoms with Crippen LogP contribution in [0.25, 0.3) is 0 Å². The molecule has 0 atom stereocenters. The van der Waals surface area contributed by atoms with Gasteiger partial charge in [0.15, 0.2) is 5.70 Å². The van der Waals surface area contributed by atoms with E-state index in [1.165, 1.54) is 36.4 Å². The van der Waals surface area contributed by atoms with Gasteiger partial charge < -0.3 is 9.29 Å². The average Bonchev–Trinajstić information content (AvgIpc) is 2.87. The van der Waals surface area contributed by atoms with E-state index in [1.807, 2.05) is 0 Å². The Hall–Kier alpha value is -3.46. The third kappa shape index (κ3) is 3.32. The monoisotopic (exact) mass is 387 g/mol. The van der Waals surface area contributed by atoms with Gasteiger partial charge in [0.25, 0.3) is 11.8 Å². The molecule has 2 aromatic carbocycles. The molecule has 3 rings (SSSR count). The Bertz CT molecular complexity index is 1050. The van der Waals surface area contributed by atoms with Crippen LogP contribution in [0, 0.1) is 6.92 Å². The van der Waals surface area contributed by atoms with E-state index in [1.54, 1.807) is 19.1 Å². The first kappa shape index (κ1) is 18.3. The molecule has 0 bridgehead atoms. The highest BCUT2D eigenvalue weighted by Crippen LogP contribution is 2.26. The van der Waals surface area contributed by atoms with E-state index in [0.717, 1.165) is 5.56 Å². The Morgan fingerprint density at radius 3 is 2.00 bits per heavy atom. The summed E-state index contributed by atoms with van der Waals surface area (Å²) in [5.74, 6) is -3.44. The van der Waals surface area contributed by atoms with Crippen molar-refractivity contribution in [2.45, 2.75) is 11.8 Å². The normalized spacial score (nSPS) is 14.3. The van der Waals surface area contributed by atoms with Crippen molar-refractivity contribution in [1.29, 1.82) is 0 Å². The summed E-state index contributed by atoms with van der Waals surface area (Å²) < 4.78 is 29.1. The van der Waals surface area contributed by atoms with E-state index >= 15 is 0 Å². The number of carboxylic acid groups (broad SMARTS) is 1. The van der Waals surface area contributed by atoms with E-state index in [0.29, 0.717) is 11.2 Å². The average molecular weight is 387 g/mol. The minimum Gasteiger partial charge on any atom is -0.476 e. The summed E-state index contributed by atoms with van der Waals surface area (Å²) in [6, 6.07) is 11.5. The van der Waals surface area contributed by atoms with Crippen molar-refractivity contribution >= 4 is 27.9 Å². The number of hydrogen-bond acceptors (Lipinski definition) is 6. The molecule has 9 heteroatoms. The highest BCUT2D eigenvalue weighted by Gasteiger charge is 2.40. The molecule has 2 amide bonds. The summed E-state index contributed by atoms with van der Waals surface area (Å²) in [5, 5.41) is 9.36. The van der Waals surface area contributed by atoms with Crippen LogP contribution in [-0.2, 0) is 19.1 Å². The zero-order valence-electron chi connectivity index (χ0n) is 13.9. The van der Waals surface area contributed by atoms with Crippen LogP contribution in [0.5, 0.6) is 0 Å². The number of benzene rings is 2. The van der Waals surface area contributed by atoms with E-state index in [9.17, 15) is 27.9 Å². The number of rotatable bonds is 5. The van der Waals surface area contributed by atoms with Crippen molar-refractivity contribution in [2.24, 2.45) is 0 Å². The molecule has 0 saturated carbocycles. The third-order valence-corrected chi connectivity index (χ3v) is 5.05. The summed E-state index contributed by atoms with van der Waals surface area (Å²) in [6.07, 6.45) is 0.374. The molecule has 0 spiro atoms. The minimum atomic E-state index is -4.33. The smallest absolute Gasteiger partial charge is 0.356 e. The number of aryl methyl sites for hydroxylation is 1. The minimum absolute atomic E-state index is 0.0241. The van der Waals surface area contributed by atoms with E-state index < -0.39 is 33.6 Å². The molecule has 0 unspecified atom stereocenters. The number of amides is 2. The van der Waals surface area contributed by atoms with Gasteiger partial charge in [-0.25, -0.2) is 9.69 Å². The number of aliphatic carboxylic acids is 1. The molecule has 0 aromatic heterocycles. The first-order chi connectivity index (χ1) is 12.7. The molecule has 1 N–H and O–H groups in total. The maximum Gasteiger partial charge on any atom is 0.356 e. The quantitative estimate of drug-likeness (QED) is 0.360. The molecule has 1 aliphatic heterocycles. The van der Waals surface area contributed by atoms with Gasteiger partial charge in [0.2, 0.25) is 0 Å². The zero-order valence-corrected chi connectivity index (χ0v) is 14.8. The van der Waals surface area contributed by atoms with Gasteiger partial charge in [-0.15, -0.1) is 0 Å². The molecule has 0 aliphatic carbocycles. The van der Waals surface area contributed by atoms with Gasteiger partial charge in [-0.1, -0.05) is 29.8 Å². The number of hydrogen-bond donors (Lipinski definition) is 1. The van der Waals surface area contributed by atoms with Gasteiger partial charge in [-0.05, 0) is 31.2 Å². The predicted molar refractivity (Wildman–Crippen MR) is 92.1 cm³/mol. The Labute approximate surface area is 154 Å². The maximum atomic E-state index is 12.4. The van der Waals surface area contributed by atoms with Crippen molar-refractivity contribution in [1.82, 2.24) is 4.90 Å². The van der Waals surface area contributed by atoms with Crippen LogP contribution in [-0.4, -0.2) is 36.2 Å². The van der Waals surface area contributed by atoms with Crippen LogP contribution in [0.1, 0.15) is 26.3 Å². The molecule has 0 saturated heterocycles. The van der Waals surface area contributed by atoms with Gasteiger partial charge in [-0.3, -0.25) is 9.59 Å². The summed E-state index contributed by atoms with van der Waals surface area (Å²) >= 11 is 0. The molecule has 2 aromatic rings. The molecule has 8 nitrogen and oxygen atoms in total. The highest BCUT2D eigenvalue weighted by atomic mass is 32.2. The lowest BCUT2D eigenvalue weighted by atomic mass is 10.1. The topological polar surface area (TPSA) is 118 Å². The highest BCUT2D eigenvalue weighted by molar-refractivity contribution is 7.86. The Morgan fingerprint density at radius 1 is 1.00 bits per heavy atom. The van der Waals surface area contributed by atoms with Gasteiger partial charge in [0.05, 0.1) is 11.1 Å². The lowest BCUT2D eigenvalue weighted by Crippen LogP contribution is -2.33. The SMILES string of the molecule is Cc1ccc(S(=O)(=O)OC=C(C(=O)O)N2C(=O)c3ccccc3C2=O)cc1. The van der Waals surface area contributed by atoms with Gasteiger partial charge in [-0.2, -0.15) is 8.42 Å². The number of carboxylic acids is 1. The molecular formula is C18H13NO7S. The van der Waals surface area contributed by atoms with Gasteiger partial charge >= 0.3 is 16.1 Å². The third-order valence-electron chi connectivity index (χ3n) is 3.85. The van der Waals surface area contributed by atoms with E-state index in [2.05, 4.69) is 4.18 Å². The lowest BCUT2D eigenvalue weighted by Gasteiger charge is -2.14. The second-order valence-corrected chi connectivity index (χ2v) is 7.24. The fraction of sp³-hybridized carbons (Fsp3) is 0.0556. The number of fused-ring (bicyclic) bond motifs is 1. The van der Waals surface area contributed by atoms with Crippen LogP contribution in [0.2, 0.25) is 0 Å². The maximum absolute atomic E-state index is 12.4. The van der Waals surface area contributed by atoms with Crippen molar-refractivity contribution in [2.75, 3.05) is 0 Å². The Morgan fingerprint density at radius 2 is 1.52 bits per heavy atom. The van der Waals surface area contributed by atoms with Crippen LogP contribution in [0.15, 0.2) is 65.4 Å². The first-order valence-electron chi connectivity index (χ1n) is 7.63. The predicted octanol–water partition coefficient (Wildman–Crippen LogP) is 1.92. The van der Waals surface area contributed by atoms with Gasteiger partial charge in [0.1, 0.15) is 11.2 Å². The fourth-order valence-electron chi connectivity index (χ4n) is 2.48. The molecule has 0 fully saturated rings. The van der Waals surface area contributed by atoms with Crippen molar-refractivity contribution in [3.8, 4) is 0 Å². The van der Waals surface area contributed by atoms with Crippen molar-refractivity contribution in [3.63, 3.8) is 0 Å². The fourth-order valence-corrected chi connectivity index (χ4v) is 3.27. The lowest BCUT2D eigenvalue weighted by molar-refractivity contribution is -0.134. The number of carbonyl (C=O) groups is 3. The summed E-state index contributed by atoms with van der Waals surface area (Å²) in [5.41, 5.74) is -0.0364. The second-order valence-electron chi connectivity index (χ2n) is 5.66. The van der Waals surface area contributed by atoms with Crippen molar-refractivity contribution in [3.05, 3.63) is 77.2 Å². The largest absolute Gasteiger partial charge is 0.476 e. The number of carbonyl (C=O) groups excluding carboxylic acids is 2. The van der Waals surface area contributed by atoms with E-state index in [4.69, 9.17) is 0 Å². The summed E-state index contributed by atoms with van der Waals surface area (Å²) in [7, 11) is -4.33. The standard InChI is InChI=1S/C18H13NO7S/c1-11-6-8-12(9-7-11)27(24,25)26-10-15(18(22)23)19-16(20)13-4-2-3-5-14(13)17(19)21/h2-10H,1H3,(H,22,23). The van der Waals surface area contributed by atoms with Crippen LogP contribution >= 0.6 is 0 Å². The first-order valence-corrected chi connectivity index (χ1v) is 9.04. The van der Waals surface area contributed by atoms with Crippen LogP contribution in [0.4, 0.5) is 0 Å². The molecule has 27 heavy (non-hydrogen) atoms. The Kier molecular flexibility index (Phi) is 4.54. The zero-order chi connectivity index (χ0) is 19.8. The van der Waals surface area contributed by atoms with Crippen molar-refractivity contribution < 1.29 is 32.1 Å². The molecule has 0 radical (unpaired) electrons. The Balaban J connectivity index is 1.95. The summed E-state index contributed by atoms with van der Waals surface area (Å²) in [4.78, 5) is 36.5. The molecule has 1 aliphatic rings. The van der Waals surface area contributed by atoms with E-state index in [-0.39, 0.29) is 16.0 Å². The van der Waals surface area contributed by atoms with Crippen LogP contribution < -0.4 is 0 Å². The molecule has 1 heterocycles.